The molecule has 0 N–H and O–H groups in total. The Labute approximate surface area is 184 Å². The Balaban J connectivity index is 1.57. The lowest BCUT2D eigenvalue weighted by Gasteiger charge is -2.29. The molecule has 0 bridgehead atoms. The average molecular weight is 430 g/mol. The first-order chi connectivity index (χ1) is 15.0. The van der Waals surface area contributed by atoms with E-state index in [0.29, 0.717) is 24.3 Å². The zero-order chi connectivity index (χ0) is 21.5. The van der Waals surface area contributed by atoms with E-state index >= 15 is 0 Å². The van der Waals surface area contributed by atoms with Crippen molar-refractivity contribution in [2.75, 3.05) is 6.54 Å². The van der Waals surface area contributed by atoms with Crippen molar-refractivity contribution >= 4 is 27.5 Å². The molecule has 0 atom stereocenters. The van der Waals surface area contributed by atoms with Gasteiger partial charge in [-0.2, -0.15) is 0 Å². The van der Waals surface area contributed by atoms with Gasteiger partial charge in [-0.3, -0.25) is 14.2 Å². The maximum absolute atomic E-state index is 13.5. The number of hydrogen-bond donors (Lipinski definition) is 0. The van der Waals surface area contributed by atoms with E-state index in [9.17, 15) is 9.59 Å². The smallest absolute Gasteiger partial charge is 0.263 e. The van der Waals surface area contributed by atoms with Crippen molar-refractivity contribution in [1.82, 2.24) is 14.5 Å². The Morgan fingerprint density at radius 1 is 1.03 bits per heavy atom. The van der Waals surface area contributed by atoms with Gasteiger partial charge in [-0.15, -0.1) is 11.3 Å². The molecule has 0 fully saturated rings. The number of benzene rings is 2. The molecule has 0 saturated heterocycles. The van der Waals surface area contributed by atoms with Crippen LogP contribution in [0.1, 0.15) is 21.6 Å². The van der Waals surface area contributed by atoms with Gasteiger partial charge < -0.3 is 4.90 Å². The molecule has 2 aromatic carbocycles. The fraction of sp³-hybridized carbons (Fsp3) is 0.240. The van der Waals surface area contributed by atoms with Crippen LogP contribution in [0.25, 0.3) is 21.6 Å². The van der Waals surface area contributed by atoms with E-state index in [1.165, 1.54) is 22.5 Å². The van der Waals surface area contributed by atoms with Gasteiger partial charge in [0, 0.05) is 23.5 Å². The minimum absolute atomic E-state index is 0.0114. The van der Waals surface area contributed by atoms with Crippen LogP contribution in [-0.4, -0.2) is 26.9 Å². The van der Waals surface area contributed by atoms with Crippen molar-refractivity contribution < 1.29 is 4.79 Å². The highest BCUT2D eigenvalue weighted by Gasteiger charge is 2.24. The summed E-state index contributed by atoms with van der Waals surface area (Å²) >= 11 is 1.53. The van der Waals surface area contributed by atoms with E-state index in [4.69, 9.17) is 4.98 Å². The third-order valence-corrected chi connectivity index (χ3v) is 7.20. The first-order valence-electron chi connectivity index (χ1n) is 10.4. The molecule has 5 rings (SSSR count). The van der Waals surface area contributed by atoms with Crippen LogP contribution < -0.4 is 5.56 Å². The number of fused-ring (bicyclic) bond motifs is 2. The Morgan fingerprint density at radius 3 is 2.52 bits per heavy atom. The van der Waals surface area contributed by atoms with E-state index in [0.717, 1.165) is 27.3 Å². The lowest BCUT2D eigenvalue weighted by Crippen LogP contribution is -2.40. The van der Waals surface area contributed by atoms with Crippen molar-refractivity contribution in [3.8, 4) is 11.4 Å². The molecule has 1 aliphatic heterocycles. The number of carbonyl (C=O) groups excluding carboxylic acids is 1. The van der Waals surface area contributed by atoms with Gasteiger partial charge >= 0.3 is 0 Å². The molecule has 0 spiro atoms. The molecule has 6 heteroatoms. The summed E-state index contributed by atoms with van der Waals surface area (Å²) in [7, 11) is 0. The Morgan fingerprint density at radius 2 is 1.74 bits per heavy atom. The molecule has 0 saturated carbocycles. The molecule has 0 aliphatic carbocycles. The zero-order valence-electron chi connectivity index (χ0n) is 17.6. The molecule has 0 unspecified atom stereocenters. The molecule has 4 aromatic rings. The number of nitrogens with zero attached hydrogens (tertiary/aromatic N) is 3. The number of thiophene rings is 1. The predicted octanol–water partition coefficient (Wildman–Crippen LogP) is 4.33. The van der Waals surface area contributed by atoms with Crippen LogP contribution >= 0.6 is 11.3 Å². The lowest BCUT2D eigenvalue weighted by molar-refractivity contribution is -0.132. The second kappa shape index (κ2) is 7.78. The lowest BCUT2D eigenvalue weighted by atomic mass is 10.00. The van der Waals surface area contributed by atoms with Crippen LogP contribution in [0.5, 0.6) is 0 Å². The SMILES string of the molecule is Cc1sc2nc(-c3ccccc3)n(CC(=O)N3CCc4ccccc4C3)c(=O)c2c1C. The fourth-order valence-corrected chi connectivity index (χ4v) is 5.25. The molecule has 5 nitrogen and oxygen atoms in total. The Hall–Kier alpha value is -3.25. The molecular formula is C25H23N3O2S. The topological polar surface area (TPSA) is 55.2 Å². The van der Waals surface area contributed by atoms with E-state index < -0.39 is 0 Å². The molecule has 1 amide bonds. The molecule has 0 radical (unpaired) electrons. The molecule has 156 valence electrons. The number of aromatic nitrogens is 2. The highest BCUT2D eigenvalue weighted by molar-refractivity contribution is 7.18. The van der Waals surface area contributed by atoms with Gasteiger partial charge in [0.2, 0.25) is 5.91 Å². The van der Waals surface area contributed by atoms with Crippen LogP contribution in [0.2, 0.25) is 0 Å². The van der Waals surface area contributed by atoms with E-state index in [1.807, 2.05) is 61.2 Å². The van der Waals surface area contributed by atoms with Gasteiger partial charge in [-0.05, 0) is 37.0 Å². The summed E-state index contributed by atoms with van der Waals surface area (Å²) in [5, 5.41) is 0.624. The average Bonchev–Trinajstić information content (AvgIpc) is 3.09. The molecule has 3 heterocycles. The third-order valence-electron chi connectivity index (χ3n) is 6.10. The molecule has 2 aromatic heterocycles. The van der Waals surface area contributed by atoms with Crippen LogP contribution in [0.3, 0.4) is 0 Å². The zero-order valence-corrected chi connectivity index (χ0v) is 18.4. The monoisotopic (exact) mass is 429 g/mol. The fourth-order valence-electron chi connectivity index (χ4n) is 4.23. The number of carbonyl (C=O) groups is 1. The van der Waals surface area contributed by atoms with Crippen molar-refractivity contribution in [2.45, 2.75) is 33.4 Å². The standard InChI is InChI=1S/C25H23N3O2S/c1-16-17(2)31-24-22(16)25(30)28(23(26-24)19-9-4-3-5-10-19)15-21(29)27-13-12-18-8-6-7-11-20(18)14-27/h3-11H,12-15H2,1-2H3. The summed E-state index contributed by atoms with van der Waals surface area (Å²) in [6, 6.07) is 17.9. The normalized spacial score (nSPS) is 13.4. The first-order valence-corrected chi connectivity index (χ1v) is 11.2. The van der Waals surface area contributed by atoms with Crippen molar-refractivity contribution in [3.05, 3.63) is 86.5 Å². The number of hydrogen-bond acceptors (Lipinski definition) is 4. The molecule has 1 aliphatic rings. The van der Waals surface area contributed by atoms with E-state index in [1.54, 1.807) is 4.57 Å². The summed E-state index contributed by atoms with van der Waals surface area (Å²) in [6.45, 7) is 5.19. The van der Waals surface area contributed by atoms with E-state index in [2.05, 4.69) is 12.1 Å². The summed E-state index contributed by atoms with van der Waals surface area (Å²) in [6.07, 6.45) is 0.836. The van der Waals surface area contributed by atoms with Gasteiger partial charge in [-0.25, -0.2) is 4.98 Å². The molecule has 31 heavy (non-hydrogen) atoms. The van der Waals surface area contributed by atoms with Crippen molar-refractivity contribution in [2.24, 2.45) is 0 Å². The highest BCUT2D eigenvalue weighted by atomic mass is 32.1. The van der Waals surface area contributed by atoms with Crippen LogP contribution in [0, 0.1) is 13.8 Å². The Kier molecular flexibility index (Phi) is 4.94. The minimum Gasteiger partial charge on any atom is -0.336 e. The number of amides is 1. The van der Waals surface area contributed by atoms with Gasteiger partial charge in [0.25, 0.3) is 5.56 Å². The van der Waals surface area contributed by atoms with Gasteiger partial charge in [0.05, 0.1) is 5.39 Å². The van der Waals surface area contributed by atoms with Gasteiger partial charge in [0.15, 0.2) is 0 Å². The van der Waals surface area contributed by atoms with Crippen LogP contribution in [0.15, 0.2) is 59.4 Å². The maximum atomic E-state index is 13.5. The second-order valence-corrected chi connectivity index (χ2v) is 9.19. The minimum atomic E-state index is -0.142. The third kappa shape index (κ3) is 3.47. The quantitative estimate of drug-likeness (QED) is 0.487. The maximum Gasteiger partial charge on any atom is 0.263 e. The van der Waals surface area contributed by atoms with Crippen LogP contribution in [-0.2, 0) is 24.3 Å². The Bertz CT molecular complexity index is 1350. The summed E-state index contributed by atoms with van der Waals surface area (Å²) in [4.78, 5) is 35.3. The van der Waals surface area contributed by atoms with Gasteiger partial charge in [-0.1, -0.05) is 54.6 Å². The second-order valence-electron chi connectivity index (χ2n) is 7.99. The number of rotatable bonds is 3. The number of aryl methyl sites for hydroxylation is 2. The van der Waals surface area contributed by atoms with Crippen LogP contribution in [0.4, 0.5) is 0 Å². The van der Waals surface area contributed by atoms with Gasteiger partial charge in [0.1, 0.15) is 17.2 Å². The molecular weight excluding hydrogens is 406 g/mol. The summed E-state index contributed by atoms with van der Waals surface area (Å²) < 4.78 is 1.56. The first kappa shape index (κ1) is 19.7. The van der Waals surface area contributed by atoms with Crippen molar-refractivity contribution in [3.63, 3.8) is 0 Å². The predicted molar refractivity (Wildman–Crippen MR) is 124 cm³/mol. The highest BCUT2D eigenvalue weighted by Crippen LogP contribution is 2.29. The largest absolute Gasteiger partial charge is 0.336 e. The van der Waals surface area contributed by atoms with Crippen molar-refractivity contribution in [1.29, 1.82) is 0 Å². The summed E-state index contributed by atoms with van der Waals surface area (Å²) in [5.41, 5.74) is 4.11. The summed E-state index contributed by atoms with van der Waals surface area (Å²) in [5.74, 6) is 0.490. The van der Waals surface area contributed by atoms with E-state index in [-0.39, 0.29) is 18.0 Å².